The molecule has 7 heteroatoms. The summed E-state index contributed by atoms with van der Waals surface area (Å²) < 4.78 is 6.18. The quantitative estimate of drug-likeness (QED) is 0.352. The number of nitrogens with two attached hydrogens (primary N) is 1. The molecule has 23 heavy (non-hydrogen) atoms. The molecule has 2 amide bonds. The average Bonchev–Trinajstić information content (AvgIpc) is 2.59. The van der Waals surface area contributed by atoms with Crippen LogP contribution in [0, 0.1) is 5.92 Å². The number of nitrogens with zero attached hydrogens (tertiary/aromatic N) is 1. The predicted molar refractivity (Wildman–Crippen MR) is 90.8 cm³/mol. The summed E-state index contributed by atoms with van der Waals surface area (Å²) in [7, 11) is 0. The van der Waals surface area contributed by atoms with Gasteiger partial charge in [-0.15, -0.1) is 0 Å². The molecule has 0 aromatic heterocycles. The van der Waals surface area contributed by atoms with Crippen molar-refractivity contribution >= 4 is 27.7 Å². The number of hydrogen-bond donors (Lipinski definition) is 2. The second-order valence-corrected chi connectivity index (χ2v) is 6.20. The maximum atomic E-state index is 12.6. The van der Waals surface area contributed by atoms with Crippen molar-refractivity contribution in [2.45, 2.75) is 12.8 Å². The number of carbonyl (C=O) groups is 2. The summed E-state index contributed by atoms with van der Waals surface area (Å²) in [6, 6.07) is 5.19. The number of benzene rings is 1. The van der Waals surface area contributed by atoms with Gasteiger partial charge in [-0.25, -0.2) is 5.84 Å². The minimum Gasteiger partial charge on any atom is -0.488 e. The normalized spacial score (nSPS) is 17.5. The summed E-state index contributed by atoms with van der Waals surface area (Å²) in [4.78, 5) is 26.0. The summed E-state index contributed by atoms with van der Waals surface area (Å²) in [6.45, 7) is 5.02. The SMILES string of the molecule is C=CCOc1ccc(C(=O)N2CCCC(C(=O)NN)C2)cc1Br. The third-order valence-electron chi connectivity index (χ3n) is 3.76. The van der Waals surface area contributed by atoms with Crippen LogP contribution in [0.15, 0.2) is 35.3 Å². The monoisotopic (exact) mass is 381 g/mol. The number of rotatable bonds is 5. The minimum atomic E-state index is -0.253. The van der Waals surface area contributed by atoms with Crippen molar-refractivity contribution in [1.29, 1.82) is 0 Å². The Labute approximate surface area is 143 Å². The zero-order chi connectivity index (χ0) is 16.8. The van der Waals surface area contributed by atoms with Crippen molar-refractivity contribution in [3.8, 4) is 5.75 Å². The number of piperidine rings is 1. The fraction of sp³-hybridized carbons (Fsp3) is 0.375. The van der Waals surface area contributed by atoms with Crippen molar-refractivity contribution < 1.29 is 14.3 Å². The Kier molecular flexibility index (Phi) is 6.18. The number of ether oxygens (including phenoxy) is 1. The van der Waals surface area contributed by atoms with Gasteiger partial charge in [-0.3, -0.25) is 15.0 Å². The van der Waals surface area contributed by atoms with E-state index in [9.17, 15) is 9.59 Å². The van der Waals surface area contributed by atoms with Crippen molar-refractivity contribution in [2.24, 2.45) is 11.8 Å². The molecule has 3 N–H and O–H groups in total. The fourth-order valence-corrected chi connectivity index (χ4v) is 3.07. The maximum Gasteiger partial charge on any atom is 0.253 e. The van der Waals surface area contributed by atoms with E-state index in [4.69, 9.17) is 10.6 Å². The Hall–Kier alpha value is -1.86. The lowest BCUT2D eigenvalue weighted by Crippen LogP contribution is -2.47. The molecular formula is C16H20BrN3O3. The fourth-order valence-electron chi connectivity index (χ4n) is 2.58. The smallest absolute Gasteiger partial charge is 0.253 e. The molecule has 0 radical (unpaired) electrons. The molecule has 1 aromatic rings. The Morgan fingerprint density at radius 1 is 1.52 bits per heavy atom. The number of halogens is 1. The van der Waals surface area contributed by atoms with Gasteiger partial charge in [0.15, 0.2) is 0 Å². The molecule has 124 valence electrons. The molecule has 0 bridgehead atoms. The van der Waals surface area contributed by atoms with Crippen LogP contribution < -0.4 is 16.0 Å². The molecule has 0 saturated carbocycles. The third-order valence-corrected chi connectivity index (χ3v) is 4.38. The largest absolute Gasteiger partial charge is 0.488 e. The third kappa shape index (κ3) is 4.33. The van der Waals surface area contributed by atoms with E-state index in [0.29, 0.717) is 35.5 Å². The van der Waals surface area contributed by atoms with Crippen molar-refractivity contribution in [3.05, 3.63) is 40.9 Å². The first-order valence-electron chi connectivity index (χ1n) is 7.39. The lowest BCUT2D eigenvalue weighted by molar-refractivity contribution is -0.126. The lowest BCUT2D eigenvalue weighted by atomic mass is 9.97. The van der Waals surface area contributed by atoms with Gasteiger partial charge in [-0.2, -0.15) is 0 Å². The van der Waals surface area contributed by atoms with E-state index in [0.717, 1.165) is 12.8 Å². The summed E-state index contributed by atoms with van der Waals surface area (Å²) >= 11 is 3.41. The number of amides is 2. The van der Waals surface area contributed by atoms with E-state index in [1.807, 2.05) is 0 Å². The van der Waals surface area contributed by atoms with Crippen LogP contribution in [0.25, 0.3) is 0 Å². The zero-order valence-corrected chi connectivity index (χ0v) is 14.3. The molecule has 1 saturated heterocycles. The highest BCUT2D eigenvalue weighted by Gasteiger charge is 2.28. The molecular weight excluding hydrogens is 362 g/mol. The van der Waals surface area contributed by atoms with E-state index in [2.05, 4.69) is 27.9 Å². The minimum absolute atomic E-state index is 0.101. The highest BCUT2D eigenvalue weighted by molar-refractivity contribution is 9.10. The van der Waals surface area contributed by atoms with Gasteiger partial charge in [-0.1, -0.05) is 12.7 Å². The zero-order valence-electron chi connectivity index (χ0n) is 12.8. The molecule has 0 spiro atoms. The number of likely N-dealkylation sites (tertiary alicyclic amines) is 1. The van der Waals surface area contributed by atoms with E-state index in [1.54, 1.807) is 29.2 Å². The molecule has 1 fully saturated rings. The number of nitrogens with one attached hydrogen (secondary N) is 1. The molecule has 1 heterocycles. The van der Waals surface area contributed by atoms with Crippen LogP contribution in [0.3, 0.4) is 0 Å². The van der Waals surface area contributed by atoms with Crippen LogP contribution in [-0.2, 0) is 4.79 Å². The molecule has 1 atom stereocenters. The second kappa shape index (κ2) is 8.12. The van der Waals surface area contributed by atoms with E-state index in [-0.39, 0.29) is 17.7 Å². The van der Waals surface area contributed by atoms with Crippen LogP contribution >= 0.6 is 15.9 Å². The Bertz CT molecular complexity index is 606. The highest BCUT2D eigenvalue weighted by Crippen LogP contribution is 2.27. The van der Waals surface area contributed by atoms with E-state index >= 15 is 0 Å². The number of carbonyl (C=O) groups excluding carboxylic acids is 2. The van der Waals surface area contributed by atoms with Crippen LogP contribution in [0.4, 0.5) is 0 Å². The van der Waals surface area contributed by atoms with Crippen LogP contribution in [-0.4, -0.2) is 36.4 Å². The first-order valence-corrected chi connectivity index (χ1v) is 8.19. The van der Waals surface area contributed by atoms with Gasteiger partial charge >= 0.3 is 0 Å². The van der Waals surface area contributed by atoms with Gasteiger partial charge in [0.2, 0.25) is 5.91 Å². The molecule has 1 unspecified atom stereocenters. The van der Waals surface area contributed by atoms with Gasteiger partial charge in [0, 0.05) is 18.7 Å². The average molecular weight is 382 g/mol. The van der Waals surface area contributed by atoms with Crippen molar-refractivity contribution in [1.82, 2.24) is 10.3 Å². The van der Waals surface area contributed by atoms with E-state index in [1.165, 1.54) is 0 Å². The van der Waals surface area contributed by atoms with E-state index < -0.39 is 0 Å². The van der Waals surface area contributed by atoms with Gasteiger partial charge in [0.05, 0.1) is 10.4 Å². The number of hydrogen-bond acceptors (Lipinski definition) is 4. The number of hydrazine groups is 1. The molecule has 1 aliphatic rings. The van der Waals surface area contributed by atoms with Crippen LogP contribution in [0.2, 0.25) is 0 Å². The molecule has 0 aliphatic carbocycles. The maximum absolute atomic E-state index is 12.6. The topological polar surface area (TPSA) is 84.7 Å². The lowest BCUT2D eigenvalue weighted by Gasteiger charge is -2.31. The first kappa shape index (κ1) is 17.5. The molecule has 1 aromatic carbocycles. The van der Waals surface area contributed by atoms with Gasteiger partial charge < -0.3 is 9.64 Å². The van der Waals surface area contributed by atoms with Crippen LogP contribution in [0.1, 0.15) is 23.2 Å². The molecule has 2 rings (SSSR count). The van der Waals surface area contributed by atoms with Crippen LogP contribution in [0.5, 0.6) is 5.75 Å². The first-order chi connectivity index (χ1) is 11.1. The second-order valence-electron chi connectivity index (χ2n) is 5.34. The molecule has 1 aliphatic heterocycles. The summed E-state index contributed by atoms with van der Waals surface area (Å²) in [6.07, 6.45) is 3.18. The van der Waals surface area contributed by atoms with Gasteiger partial charge in [0.1, 0.15) is 12.4 Å². The predicted octanol–water partition coefficient (Wildman–Crippen LogP) is 1.86. The Balaban J connectivity index is 2.09. The van der Waals surface area contributed by atoms with Gasteiger partial charge in [0.25, 0.3) is 5.91 Å². The Morgan fingerprint density at radius 3 is 2.96 bits per heavy atom. The summed E-state index contributed by atoms with van der Waals surface area (Å²) in [5.74, 6) is 5.26. The van der Waals surface area contributed by atoms with Gasteiger partial charge in [-0.05, 0) is 47.0 Å². The molecule has 6 nitrogen and oxygen atoms in total. The summed E-state index contributed by atoms with van der Waals surface area (Å²) in [5.41, 5.74) is 2.71. The summed E-state index contributed by atoms with van der Waals surface area (Å²) in [5, 5.41) is 0. The Morgan fingerprint density at radius 2 is 2.30 bits per heavy atom. The standard InChI is InChI=1S/C16H20BrN3O3/c1-2-8-23-14-6-5-11(9-13(14)17)16(22)20-7-3-4-12(10-20)15(21)19-18/h2,5-6,9,12H,1,3-4,7-8,10,18H2,(H,19,21). The van der Waals surface area contributed by atoms with Crippen molar-refractivity contribution in [3.63, 3.8) is 0 Å². The van der Waals surface area contributed by atoms with Crippen molar-refractivity contribution in [2.75, 3.05) is 19.7 Å². The highest BCUT2D eigenvalue weighted by atomic mass is 79.9.